The number of hydrogen-bond donors (Lipinski definition) is 2. The third-order valence-electron chi connectivity index (χ3n) is 6.55. The van der Waals surface area contributed by atoms with E-state index in [0.29, 0.717) is 13.0 Å². The lowest BCUT2D eigenvalue weighted by molar-refractivity contribution is -0.108. The van der Waals surface area contributed by atoms with Crippen molar-refractivity contribution in [1.29, 1.82) is 0 Å². The van der Waals surface area contributed by atoms with Crippen LogP contribution in [0.4, 0.5) is 0 Å². The number of likely N-dealkylation sites (N-methyl/N-ethyl adjacent to an activating group) is 1. The van der Waals surface area contributed by atoms with E-state index >= 15 is 0 Å². The number of likely N-dealkylation sites (tertiary alicyclic amines) is 1. The molecule has 2 N–H and O–H groups in total. The van der Waals surface area contributed by atoms with Crippen LogP contribution in [0.3, 0.4) is 0 Å². The molecule has 1 aromatic carbocycles. The van der Waals surface area contributed by atoms with Gasteiger partial charge in [-0.15, -0.1) is 0 Å². The second-order valence-corrected chi connectivity index (χ2v) is 8.78. The standard InChI is InChI=1S/C22H37N3O2/c1-5-23-8-10-24(11-9-23)14-19-12-17(2)13-20(18(19)3)15-25-7-6-22(4,27)21(26)16-25/h12-13,21,26-27H,5-11,14-16H2,1-4H3/t21-,22-/m1/s1. The summed E-state index contributed by atoms with van der Waals surface area (Å²) < 4.78 is 0. The molecule has 0 radical (unpaired) electrons. The molecule has 1 aromatic rings. The lowest BCUT2D eigenvalue weighted by atomic mass is 9.90. The molecule has 5 nitrogen and oxygen atoms in total. The summed E-state index contributed by atoms with van der Waals surface area (Å²) in [7, 11) is 0. The Hall–Kier alpha value is -0.980. The maximum Gasteiger partial charge on any atom is 0.0951 e. The van der Waals surface area contributed by atoms with E-state index in [0.717, 1.165) is 39.3 Å². The minimum atomic E-state index is -0.954. The highest BCUT2D eigenvalue weighted by atomic mass is 16.3. The van der Waals surface area contributed by atoms with Crippen LogP contribution in [0.2, 0.25) is 0 Å². The van der Waals surface area contributed by atoms with Crippen LogP contribution in [0, 0.1) is 13.8 Å². The molecule has 0 aliphatic carbocycles. The second-order valence-electron chi connectivity index (χ2n) is 8.78. The molecule has 2 atom stereocenters. The van der Waals surface area contributed by atoms with Crippen LogP contribution in [0.15, 0.2) is 12.1 Å². The van der Waals surface area contributed by atoms with Gasteiger partial charge in [0.2, 0.25) is 0 Å². The molecular formula is C22H37N3O2. The summed E-state index contributed by atoms with van der Waals surface area (Å²) in [5.74, 6) is 0. The van der Waals surface area contributed by atoms with E-state index < -0.39 is 11.7 Å². The van der Waals surface area contributed by atoms with E-state index in [9.17, 15) is 10.2 Å². The van der Waals surface area contributed by atoms with Gasteiger partial charge in [0.25, 0.3) is 0 Å². The van der Waals surface area contributed by atoms with Gasteiger partial charge in [0.1, 0.15) is 0 Å². The number of hydrogen-bond acceptors (Lipinski definition) is 5. The molecule has 0 bridgehead atoms. The van der Waals surface area contributed by atoms with Crippen molar-refractivity contribution in [3.63, 3.8) is 0 Å². The third kappa shape index (κ3) is 5.09. The smallest absolute Gasteiger partial charge is 0.0951 e. The summed E-state index contributed by atoms with van der Waals surface area (Å²) in [5, 5.41) is 20.4. The fourth-order valence-corrected chi connectivity index (χ4v) is 4.32. The van der Waals surface area contributed by atoms with Crippen molar-refractivity contribution in [3.8, 4) is 0 Å². The Balaban J connectivity index is 1.67. The molecular weight excluding hydrogens is 338 g/mol. The highest BCUT2D eigenvalue weighted by Crippen LogP contribution is 2.26. The highest BCUT2D eigenvalue weighted by molar-refractivity contribution is 5.38. The normalized spacial score (nSPS) is 28.6. The fraction of sp³-hybridized carbons (Fsp3) is 0.727. The van der Waals surface area contributed by atoms with Crippen LogP contribution in [-0.2, 0) is 13.1 Å². The Morgan fingerprint density at radius 3 is 2.07 bits per heavy atom. The SMILES string of the molecule is CCN1CCN(Cc2cc(C)cc(CN3CC[C@@](C)(O)[C@H](O)C3)c2C)CC1. The molecule has 0 aromatic heterocycles. The van der Waals surface area contributed by atoms with Crippen molar-refractivity contribution < 1.29 is 10.2 Å². The van der Waals surface area contributed by atoms with Crippen molar-refractivity contribution >= 4 is 0 Å². The number of piperidine rings is 1. The highest BCUT2D eigenvalue weighted by Gasteiger charge is 2.36. The van der Waals surface area contributed by atoms with Gasteiger partial charge in [-0.3, -0.25) is 9.80 Å². The Morgan fingerprint density at radius 1 is 0.963 bits per heavy atom. The number of piperazine rings is 1. The molecule has 3 rings (SSSR count). The average molecular weight is 376 g/mol. The summed E-state index contributed by atoms with van der Waals surface area (Å²) in [6, 6.07) is 4.62. The van der Waals surface area contributed by atoms with E-state index in [4.69, 9.17) is 0 Å². The largest absolute Gasteiger partial charge is 0.389 e. The first-order valence-corrected chi connectivity index (χ1v) is 10.4. The van der Waals surface area contributed by atoms with Gasteiger partial charge in [-0.05, 0) is 50.4 Å². The quantitative estimate of drug-likeness (QED) is 0.821. The topological polar surface area (TPSA) is 50.2 Å². The third-order valence-corrected chi connectivity index (χ3v) is 6.55. The van der Waals surface area contributed by atoms with Gasteiger partial charge in [0, 0.05) is 52.4 Å². The monoisotopic (exact) mass is 375 g/mol. The molecule has 2 aliphatic heterocycles. The lowest BCUT2D eigenvalue weighted by Crippen LogP contribution is -2.53. The van der Waals surface area contributed by atoms with Crippen molar-refractivity contribution in [1.82, 2.24) is 14.7 Å². The van der Waals surface area contributed by atoms with E-state index in [1.54, 1.807) is 6.92 Å². The van der Waals surface area contributed by atoms with Crippen LogP contribution in [0.5, 0.6) is 0 Å². The number of rotatable bonds is 5. The molecule has 2 saturated heterocycles. The zero-order chi connectivity index (χ0) is 19.6. The average Bonchev–Trinajstić information content (AvgIpc) is 2.63. The summed E-state index contributed by atoms with van der Waals surface area (Å²) in [5.41, 5.74) is 4.52. The van der Waals surface area contributed by atoms with Crippen LogP contribution >= 0.6 is 0 Å². The zero-order valence-electron chi connectivity index (χ0n) is 17.5. The number of aliphatic hydroxyl groups is 2. The van der Waals surface area contributed by atoms with Gasteiger partial charge in [-0.25, -0.2) is 0 Å². The molecule has 2 aliphatic rings. The number of aliphatic hydroxyl groups excluding tert-OH is 1. The number of benzene rings is 1. The van der Waals surface area contributed by atoms with E-state index in [-0.39, 0.29) is 0 Å². The minimum absolute atomic E-state index is 0.536. The molecule has 0 unspecified atom stereocenters. The molecule has 152 valence electrons. The molecule has 27 heavy (non-hydrogen) atoms. The van der Waals surface area contributed by atoms with E-state index in [2.05, 4.69) is 47.6 Å². The Morgan fingerprint density at radius 2 is 1.52 bits per heavy atom. The van der Waals surface area contributed by atoms with E-state index in [1.807, 2.05) is 0 Å². The number of aryl methyl sites for hydroxylation is 1. The van der Waals surface area contributed by atoms with Gasteiger partial charge < -0.3 is 15.1 Å². The van der Waals surface area contributed by atoms with Gasteiger partial charge >= 0.3 is 0 Å². The van der Waals surface area contributed by atoms with Crippen molar-refractivity contribution in [3.05, 3.63) is 34.4 Å². The molecule has 2 heterocycles. The molecule has 0 amide bonds. The Labute approximate surface area is 164 Å². The maximum atomic E-state index is 10.2. The fourth-order valence-electron chi connectivity index (χ4n) is 4.32. The van der Waals surface area contributed by atoms with Crippen molar-refractivity contribution in [2.75, 3.05) is 45.8 Å². The minimum Gasteiger partial charge on any atom is -0.389 e. The predicted molar refractivity (Wildman–Crippen MR) is 110 cm³/mol. The lowest BCUT2D eigenvalue weighted by Gasteiger charge is -2.40. The van der Waals surface area contributed by atoms with E-state index in [1.165, 1.54) is 35.3 Å². The first-order valence-electron chi connectivity index (χ1n) is 10.4. The maximum absolute atomic E-state index is 10.2. The number of nitrogens with zero attached hydrogens (tertiary/aromatic N) is 3. The van der Waals surface area contributed by atoms with Crippen LogP contribution in [-0.4, -0.2) is 82.4 Å². The van der Waals surface area contributed by atoms with Gasteiger partial charge in [0.15, 0.2) is 0 Å². The summed E-state index contributed by atoms with van der Waals surface area (Å²) in [6.45, 7) is 17.4. The molecule has 0 saturated carbocycles. The molecule has 5 heteroatoms. The second kappa shape index (κ2) is 8.58. The van der Waals surface area contributed by atoms with Gasteiger partial charge in [-0.1, -0.05) is 24.6 Å². The summed E-state index contributed by atoms with van der Waals surface area (Å²) >= 11 is 0. The van der Waals surface area contributed by atoms with Gasteiger partial charge in [0.05, 0.1) is 11.7 Å². The van der Waals surface area contributed by atoms with Crippen molar-refractivity contribution in [2.24, 2.45) is 0 Å². The van der Waals surface area contributed by atoms with Gasteiger partial charge in [-0.2, -0.15) is 0 Å². The first-order chi connectivity index (χ1) is 12.8. The Bertz CT molecular complexity index is 639. The molecule has 0 spiro atoms. The molecule has 2 fully saturated rings. The number of β-amino-alcohol motifs (C(OH)–C–C–N with tert-alkyl or cyclic N) is 1. The van der Waals surface area contributed by atoms with Crippen LogP contribution in [0.1, 0.15) is 42.5 Å². The zero-order valence-corrected chi connectivity index (χ0v) is 17.5. The predicted octanol–water partition coefficient (Wildman–Crippen LogP) is 1.76. The first kappa shape index (κ1) is 20.7. The van der Waals surface area contributed by atoms with Crippen LogP contribution in [0.25, 0.3) is 0 Å². The summed E-state index contributed by atoms with van der Waals surface area (Å²) in [4.78, 5) is 7.36. The summed E-state index contributed by atoms with van der Waals surface area (Å²) in [6.07, 6.45) is -0.0566. The Kier molecular flexibility index (Phi) is 6.59. The van der Waals surface area contributed by atoms with Crippen LogP contribution < -0.4 is 0 Å². The van der Waals surface area contributed by atoms with Crippen molar-refractivity contribution in [2.45, 2.75) is 58.9 Å².